The van der Waals surface area contributed by atoms with Crippen molar-refractivity contribution in [3.63, 3.8) is 0 Å². The lowest BCUT2D eigenvalue weighted by atomic mass is 10.2. The molecule has 3 rings (SSSR count). The summed E-state index contributed by atoms with van der Waals surface area (Å²) in [5.74, 6) is 0.485. The minimum atomic E-state index is -4.35. The predicted octanol–water partition coefficient (Wildman–Crippen LogP) is 4.01. The number of benzene rings is 1. The summed E-state index contributed by atoms with van der Waals surface area (Å²) in [5, 5.41) is 2.70. The van der Waals surface area contributed by atoms with Gasteiger partial charge in [0.1, 0.15) is 5.69 Å². The summed E-state index contributed by atoms with van der Waals surface area (Å²) in [4.78, 5) is 11.4. The van der Waals surface area contributed by atoms with Gasteiger partial charge >= 0.3 is 6.18 Å². The molecule has 3 nitrogen and oxygen atoms in total. The zero-order valence-corrected chi connectivity index (χ0v) is 10.6. The summed E-state index contributed by atoms with van der Waals surface area (Å²) in [7, 11) is 0. The number of aromatic nitrogens is 3. The maximum absolute atomic E-state index is 12.6. The highest BCUT2D eigenvalue weighted by molar-refractivity contribution is 7.09. The van der Waals surface area contributed by atoms with Crippen LogP contribution in [0, 0.1) is 6.92 Å². The third-order valence-corrected chi connectivity index (χ3v) is 3.44. The predicted molar refractivity (Wildman–Crippen MR) is 66.9 cm³/mol. The molecule has 0 aliphatic carbocycles. The number of aromatic amines is 1. The van der Waals surface area contributed by atoms with Gasteiger partial charge in [0.25, 0.3) is 0 Å². The maximum Gasteiger partial charge on any atom is 0.416 e. The molecule has 98 valence electrons. The maximum atomic E-state index is 12.6. The summed E-state index contributed by atoms with van der Waals surface area (Å²) in [6, 6.07) is 3.45. The third-order valence-electron chi connectivity index (χ3n) is 2.67. The molecule has 0 unspecified atom stereocenters. The molecule has 0 aliphatic rings. The molecule has 1 aromatic carbocycles. The molecule has 2 aromatic heterocycles. The van der Waals surface area contributed by atoms with Crippen molar-refractivity contribution in [1.82, 2.24) is 15.0 Å². The van der Waals surface area contributed by atoms with Crippen LogP contribution in [0.15, 0.2) is 23.6 Å². The lowest BCUT2D eigenvalue weighted by Gasteiger charge is -2.05. The number of aryl methyl sites for hydroxylation is 1. The third kappa shape index (κ3) is 2.21. The van der Waals surface area contributed by atoms with E-state index in [1.165, 1.54) is 17.4 Å². The molecule has 0 amide bonds. The fraction of sp³-hybridized carbons (Fsp3) is 0.167. The van der Waals surface area contributed by atoms with Gasteiger partial charge in [-0.1, -0.05) is 0 Å². The monoisotopic (exact) mass is 283 g/mol. The summed E-state index contributed by atoms with van der Waals surface area (Å²) in [6.07, 6.45) is -4.35. The summed E-state index contributed by atoms with van der Waals surface area (Å²) >= 11 is 1.47. The van der Waals surface area contributed by atoms with Crippen LogP contribution in [0.4, 0.5) is 13.2 Å². The Morgan fingerprint density at radius 2 is 2.00 bits per heavy atom. The van der Waals surface area contributed by atoms with Crippen LogP contribution in [-0.2, 0) is 6.18 Å². The standard InChI is InChI=1S/C12H8F3N3S/c1-6-16-10(5-19-6)11-17-8-3-2-7(12(13,14)15)4-9(8)18-11/h2-5H,1H3,(H,17,18). The molecular weight excluding hydrogens is 275 g/mol. The van der Waals surface area contributed by atoms with E-state index in [0.29, 0.717) is 22.6 Å². The van der Waals surface area contributed by atoms with Gasteiger partial charge in [-0.25, -0.2) is 9.97 Å². The van der Waals surface area contributed by atoms with E-state index in [-0.39, 0.29) is 0 Å². The number of imidazole rings is 1. The van der Waals surface area contributed by atoms with E-state index in [2.05, 4.69) is 15.0 Å². The number of nitrogens with zero attached hydrogens (tertiary/aromatic N) is 2. The molecular formula is C12H8F3N3S. The number of thiazole rings is 1. The number of alkyl halides is 3. The van der Waals surface area contributed by atoms with Crippen molar-refractivity contribution >= 4 is 22.4 Å². The van der Waals surface area contributed by atoms with Crippen LogP contribution in [0.2, 0.25) is 0 Å². The molecule has 1 N–H and O–H groups in total. The number of H-pyrrole nitrogens is 1. The fourth-order valence-corrected chi connectivity index (χ4v) is 2.38. The average Bonchev–Trinajstić information content (AvgIpc) is 2.92. The molecule has 19 heavy (non-hydrogen) atoms. The number of hydrogen-bond acceptors (Lipinski definition) is 3. The quantitative estimate of drug-likeness (QED) is 0.733. The van der Waals surface area contributed by atoms with Crippen LogP contribution in [0.1, 0.15) is 10.6 Å². The Hall–Kier alpha value is -1.89. The summed E-state index contributed by atoms with van der Waals surface area (Å²) in [6.45, 7) is 1.86. The topological polar surface area (TPSA) is 41.6 Å². The Balaban J connectivity index is 2.11. The van der Waals surface area contributed by atoms with E-state index >= 15 is 0 Å². The van der Waals surface area contributed by atoms with Gasteiger partial charge in [0, 0.05) is 5.38 Å². The van der Waals surface area contributed by atoms with Crippen molar-refractivity contribution in [3.8, 4) is 11.5 Å². The van der Waals surface area contributed by atoms with Crippen LogP contribution < -0.4 is 0 Å². The Bertz CT molecular complexity index is 742. The molecule has 0 spiro atoms. The van der Waals surface area contributed by atoms with E-state index in [1.54, 1.807) is 0 Å². The minimum absolute atomic E-state index is 0.357. The fourth-order valence-electron chi connectivity index (χ4n) is 1.78. The molecule has 0 atom stereocenters. The first-order chi connectivity index (χ1) is 8.93. The van der Waals surface area contributed by atoms with E-state index < -0.39 is 11.7 Å². The largest absolute Gasteiger partial charge is 0.416 e. The second-order valence-corrected chi connectivity index (χ2v) is 5.13. The smallest absolute Gasteiger partial charge is 0.337 e. The molecule has 0 radical (unpaired) electrons. The summed E-state index contributed by atoms with van der Waals surface area (Å²) < 4.78 is 37.8. The Labute approximate surface area is 110 Å². The van der Waals surface area contributed by atoms with E-state index in [9.17, 15) is 13.2 Å². The number of fused-ring (bicyclic) bond motifs is 1. The molecule has 0 saturated heterocycles. The van der Waals surface area contributed by atoms with Crippen molar-refractivity contribution in [2.45, 2.75) is 13.1 Å². The van der Waals surface area contributed by atoms with Gasteiger partial charge in [0.05, 0.1) is 21.6 Å². The molecule has 0 aliphatic heterocycles. The van der Waals surface area contributed by atoms with Gasteiger partial charge in [0.2, 0.25) is 0 Å². The van der Waals surface area contributed by atoms with Crippen molar-refractivity contribution in [2.75, 3.05) is 0 Å². The van der Waals surface area contributed by atoms with Gasteiger partial charge < -0.3 is 4.98 Å². The highest BCUT2D eigenvalue weighted by Crippen LogP contribution is 2.31. The Kier molecular flexibility index (Phi) is 2.60. The van der Waals surface area contributed by atoms with Gasteiger partial charge in [-0.15, -0.1) is 11.3 Å². The molecule has 7 heteroatoms. The molecule has 3 aromatic rings. The lowest BCUT2D eigenvalue weighted by molar-refractivity contribution is -0.137. The zero-order valence-electron chi connectivity index (χ0n) is 9.75. The second-order valence-electron chi connectivity index (χ2n) is 4.07. The van der Waals surface area contributed by atoms with Crippen LogP contribution in [-0.4, -0.2) is 15.0 Å². The zero-order chi connectivity index (χ0) is 13.6. The molecule has 0 fully saturated rings. The molecule has 0 saturated carbocycles. The van der Waals surface area contributed by atoms with Crippen molar-refractivity contribution in [2.24, 2.45) is 0 Å². The van der Waals surface area contributed by atoms with E-state index in [1.807, 2.05) is 12.3 Å². The number of rotatable bonds is 1. The highest BCUT2D eigenvalue weighted by atomic mass is 32.1. The van der Waals surface area contributed by atoms with Gasteiger partial charge in [0.15, 0.2) is 5.82 Å². The van der Waals surface area contributed by atoms with Gasteiger partial charge in [-0.05, 0) is 25.1 Å². The Morgan fingerprint density at radius 3 is 2.63 bits per heavy atom. The van der Waals surface area contributed by atoms with Crippen molar-refractivity contribution in [1.29, 1.82) is 0 Å². The highest BCUT2D eigenvalue weighted by Gasteiger charge is 2.30. The number of hydrogen-bond donors (Lipinski definition) is 1. The van der Waals surface area contributed by atoms with E-state index in [4.69, 9.17) is 0 Å². The Morgan fingerprint density at radius 1 is 1.21 bits per heavy atom. The minimum Gasteiger partial charge on any atom is -0.337 e. The van der Waals surface area contributed by atoms with Crippen molar-refractivity contribution < 1.29 is 13.2 Å². The number of halogens is 3. The molecule has 2 heterocycles. The number of nitrogens with one attached hydrogen (secondary N) is 1. The van der Waals surface area contributed by atoms with Crippen LogP contribution in [0.3, 0.4) is 0 Å². The van der Waals surface area contributed by atoms with Gasteiger partial charge in [-0.3, -0.25) is 0 Å². The second kappa shape index (κ2) is 4.06. The lowest BCUT2D eigenvalue weighted by Crippen LogP contribution is -2.04. The normalized spacial score (nSPS) is 12.2. The first-order valence-corrected chi connectivity index (χ1v) is 6.31. The SMILES string of the molecule is Cc1nc(-c2nc3ccc(C(F)(F)F)cc3[nH]2)cs1. The molecule has 0 bridgehead atoms. The van der Waals surface area contributed by atoms with Crippen LogP contribution in [0.25, 0.3) is 22.6 Å². The van der Waals surface area contributed by atoms with Crippen molar-refractivity contribution in [3.05, 3.63) is 34.2 Å². The first-order valence-electron chi connectivity index (χ1n) is 5.43. The van der Waals surface area contributed by atoms with Crippen LogP contribution >= 0.6 is 11.3 Å². The summed E-state index contributed by atoms with van der Waals surface area (Å²) in [5.41, 5.74) is 0.807. The average molecular weight is 283 g/mol. The van der Waals surface area contributed by atoms with E-state index in [0.717, 1.165) is 17.1 Å². The van der Waals surface area contributed by atoms with Crippen LogP contribution in [0.5, 0.6) is 0 Å². The first kappa shape index (κ1) is 12.2. The van der Waals surface area contributed by atoms with Gasteiger partial charge in [-0.2, -0.15) is 13.2 Å².